The number of hydrogen-bond acceptors (Lipinski definition) is 2. The van der Waals surface area contributed by atoms with Crippen molar-refractivity contribution in [1.82, 2.24) is 4.90 Å². The van der Waals surface area contributed by atoms with Gasteiger partial charge in [-0.3, -0.25) is 0 Å². The second-order valence-corrected chi connectivity index (χ2v) is 4.23. The Hall–Kier alpha value is -0.0000000000000000555. The molecular weight excluding hydrogens is 181 g/mol. The summed E-state index contributed by atoms with van der Waals surface area (Å²) in [6.07, 6.45) is 1.42. The molecule has 0 spiro atoms. The predicted molar refractivity (Wildman–Crippen MR) is 46.2 cm³/mol. The summed E-state index contributed by atoms with van der Waals surface area (Å²) >= 11 is -1.69. The van der Waals surface area contributed by atoms with Gasteiger partial charge in [0, 0.05) is 6.54 Å². The van der Waals surface area contributed by atoms with Crippen LogP contribution in [0, 0.1) is 0 Å². The van der Waals surface area contributed by atoms with Crippen molar-refractivity contribution in [3.05, 3.63) is 0 Å². The number of rotatable bonds is 3. The predicted octanol–water partition coefficient (Wildman–Crippen LogP) is 0.642. The molecule has 1 aliphatic heterocycles. The Balaban J connectivity index is 2.25. The molecule has 0 radical (unpaired) electrons. The molecule has 0 amide bonds. The average Bonchev–Trinajstić information content (AvgIpc) is 2.06. The van der Waals surface area contributed by atoms with E-state index < -0.39 is 11.1 Å². The highest BCUT2D eigenvalue weighted by Gasteiger charge is 2.22. The van der Waals surface area contributed by atoms with Crippen LogP contribution in [-0.4, -0.2) is 45.2 Å². The molecule has 5 heteroatoms. The first kappa shape index (κ1) is 10.1. The van der Waals surface area contributed by atoms with Crippen molar-refractivity contribution < 1.29 is 13.2 Å². The molecule has 1 heterocycles. The van der Waals surface area contributed by atoms with E-state index in [9.17, 15) is 8.60 Å². The van der Waals surface area contributed by atoms with E-state index in [0.29, 0.717) is 19.4 Å². The molecule has 0 aromatic carbocycles. The first-order valence-electron chi connectivity index (χ1n) is 4.12. The van der Waals surface area contributed by atoms with Crippen LogP contribution in [0.5, 0.6) is 0 Å². The van der Waals surface area contributed by atoms with Gasteiger partial charge < -0.3 is 9.45 Å². The highest BCUT2D eigenvalue weighted by Crippen LogP contribution is 2.13. The van der Waals surface area contributed by atoms with Crippen LogP contribution in [0.25, 0.3) is 0 Å². The van der Waals surface area contributed by atoms with Gasteiger partial charge in [0.1, 0.15) is 6.67 Å². The van der Waals surface area contributed by atoms with Crippen molar-refractivity contribution in [3.8, 4) is 0 Å². The van der Waals surface area contributed by atoms with Crippen LogP contribution in [0.15, 0.2) is 0 Å². The Morgan fingerprint density at radius 1 is 1.50 bits per heavy atom. The van der Waals surface area contributed by atoms with Crippen LogP contribution in [-0.2, 0) is 11.1 Å². The monoisotopic (exact) mass is 195 g/mol. The topological polar surface area (TPSA) is 40.5 Å². The zero-order valence-electron chi connectivity index (χ0n) is 6.91. The van der Waals surface area contributed by atoms with Crippen LogP contribution in [0.4, 0.5) is 4.39 Å². The van der Waals surface area contributed by atoms with E-state index in [4.69, 9.17) is 4.55 Å². The molecule has 1 aliphatic rings. The summed E-state index contributed by atoms with van der Waals surface area (Å²) in [5.41, 5.74) is 0. The number of halogens is 1. The Bertz CT molecular complexity index is 159. The van der Waals surface area contributed by atoms with Gasteiger partial charge in [0.2, 0.25) is 0 Å². The summed E-state index contributed by atoms with van der Waals surface area (Å²) in [5, 5.41) is -0.0964. The van der Waals surface area contributed by atoms with Gasteiger partial charge in [-0.2, -0.15) is 0 Å². The summed E-state index contributed by atoms with van der Waals surface area (Å²) in [6.45, 7) is 1.64. The molecule has 0 bridgehead atoms. The van der Waals surface area contributed by atoms with E-state index in [0.717, 1.165) is 13.1 Å². The first-order valence-corrected chi connectivity index (χ1v) is 5.29. The molecule has 0 aromatic rings. The molecule has 1 fully saturated rings. The third kappa shape index (κ3) is 2.80. The molecule has 1 rings (SSSR count). The van der Waals surface area contributed by atoms with E-state index >= 15 is 0 Å². The van der Waals surface area contributed by atoms with E-state index in [2.05, 4.69) is 0 Å². The van der Waals surface area contributed by atoms with E-state index in [1.807, 2.05) is 4.90 Å². The molecule has 1 unspecified atom stereocenters. The Labute approximate surface area is 74.2 Å². The van der Waals surface area contributed by atoms with Gasteiger partial charge in [0.25, 0.3) is 0 Å². The molecule has 0 aliphatic carbocycles. The number of alkyl halides is 1. The zero-order valence-corrected chi connectivity index (χ0v) is 7.73. The molecule has 0 aromatic heterocycles. The van der Waals surface area contributed by atoms with Gasteiger partial charge >= 0.3 is 0 Å². The maximum atomic E-state index is 11.9. The van der Waals surface area contributed by atoms with Crippen molar-refractivity contribution in [2.24, 2.45) is 0 Å². The smallest absolute Gasteiger partial charge is 0.156 e. The quantitative estimate of drug-likeness (QED) is 0.672. The van der Waals surface area contributed by atoms with Crippen LogP contribution < -0.4 is 0 Å². The minimum absolute atomic E-state index is 0.0964. The largest absolute Gasteiger partial charge is 0.306 e. The number of likely N-dealkylation sites (tertiary alicyclic amines) is 1. The molecule has 1 atom stereocenters. The summed E-state index contributed by atoms with van der Waals surface area (Å²) in [7, 11) is 0. The lowest BCUT2D eigenvalue weighted by molar-refractivity contribution is 0.211. The fourth-order valence-electron chi connectivity index (χ4n) is 1.45. The fourth-order valence-corrected chi connectivity index (χ4v) is 2.07. The molecule has 1 saturated heterocycles. The Morgan fingerprint density at radius 3 is 2.50 bits per heavy atom. The second-order valence-electron chi connectivity index (χ2n) is 3.01. The Kier molecular flexibility index (Phi) is 4.11. The van der Waals surface area contributed by atoms with E-state index in [1.54, 1.807) is 0 Å². The maximum Gasteiger partial charge on any atom is 0.156 e. The maximum absolute atomic E-state index is 11.9. The third-order valence-electron chi connectivity index (χ3n) is 2.22. The van der Waals surface area contributed by atoms with Crippen molar-refractivity contribution in [1.29, 1.82) is 0 Å². The summed E-state index contributed by atoms with van der Waals surface area (Å²) in [4.78, 5) is 1.99. The number of hydrogen-bond donors (Lipinski definition) is 1. The highest BCUT2D eigenvalue weighted by atomic mass is 32.2. The molecular formula is C7H14FNO2S. The molecule has 3 nitrogen and oxygen atoms in total. The Morgan fingerprint density at radius 2 is 2.08 bits per heavy atom. The summed E-state index contributed by atoms with van der Waals surface area (Å²) < 4.78 is 31.3. The van der Waals surface area contributed by atoms with Gasteiger partial charge in [-0.05, 0) is 25.9 Å². The molecule has 1 N–H and O–H groups in total. The summed E-state index contributed by atoms with van der Waals surface area (Å²) in [5.74, 6) is 0. The van der Waals surface area contributed by atoms with Gasteiger partial charge in [0.15, 0.2) is 11.1 Å². The van der Waals surface area contributed by atoms with Crippen LogP contribution in [0.3, 0.4) is 0 Å². The second kappa shape index (κ2) is 4.89. The minimum Gasteiger partial charge on any atom is -0.306 e. The van der Waals surface area contributed by atoms with Crippen LogP contribution >= 0.6 is 0 Å². The molecule has 0 saturated carbocycles. The van der Waals surface area contributed by atoms with Gasteiger partial charge in [-0.25, -0.2) is 8.60 Å². The van der Waals surface area contributed by atoms with Gasteiger partial charge in [-0.1, -0.05) is 0 Å². The molecule has 12 heavy (non-hydrogen) atoms. The minimum atomic E-state index is -1.69. The summed E-state index contributed by atoms with van der Waals surface area (Å²) in [6, 6.07) is 0. The zero-order chi connectivity index (χ0) is 8.97. The van der Waals surface area contributed by atoms with Crippen molar-refractivity contribution in [2.45, 2.75) is 18.1 Å². The van der Waals surface area contributed by atoms with Crippen LogP contribution in [0.2, 0.25) is 0 Å². The van der Waals surface area contributed by atoms with Crippen molar-refractivity contribution in [2.75, 3.05) is 26.3 Å². The average molecular weight is 195 g/mol. The normalized spacial score (nSPS) is 24.2. The third-order valence-corrected chi connectivity index (χ3v) is 3.26. The van der Waals surface area contributed by atoms with Gasteiger partial charge in [0.05, 0.1) is 5.25 Å². The lowest BCUT2D eigenvalue weighted by Gasteiger charge is -2.29. The van der Waals surface area contributed by atoms with Crippen molar-refractivity contribution in [3.63, 3.8) is 0 Å². The first-order chi connectivity index (χ1) is 5.74. The highest BCUT2D eigenvalue weighted by molar-refractivity contribution is 7.79. The SMILES string of the molecule is O=S(O)C1CCN(CCF)CC1. The lowest BCUT2D eigenvalue weighted by atomic mass is 10.1. The van der Waals surface area contributed by atoms with E-state index in [1.165, 1.54) is 0 Å². The number of piperidine rings is 1. The van der Waals surface area contributed by atoms with E-state index in [-0.39, 0.29) is 11.9 Å². The van der Waals surface area contributed by atoms with Crippen LogP contribution in [0.1, 0.15) is 12.8 Å². The van der Waals surface area contributed by atoms with Crippen molar-refractivity contribution >= 4 is 11.1 Å². The fraction of sp³-hybridized carbons (Fsp3) is 1.00. The number of nitrogens with zero attached hydrogens (tertiary/aromatic N) is 1. The standard InChI is InChI=1S/C7H14FNO2S/c8-3-6-9-4-1-7(2-5-9)12(10)11/h7H,1-6H2,(H,10,11). The molecule has 72 valence electrons. The van der Waals surface area contributed by atoms with Gasteiger partial charge in [-0.15, -0.1) is 0 Å². The lowest BCUT2D eigenvalue weighted by Crippen LogP contribution is -2.38.